The highest BCUT2D eigenvalue weighted by Crippen LogP contribution is 2.47. The maximum absolute atomic E-state index is 13.3. The molecule has 0 atom stereocenters. The average Bonchev–Trinajstić information content (AvgIpc) is 2.67. The number of halogens is 8. The van der Waals surface area contributed by atoms with Crippen molar-refractivity contribution in [1.82, 2.24) is 14.7 Å². The molecule has 0 aromatic carbocycles. The molecule has 0 saturated heterocycles. The van der Waals surface area contributed by atoms with Crippen molar-refractivity contribution < 1.29 is 35.5 Å². The summed E-state index contributed by atoms with van der Waals surface area (Å²) < 4.78 is 89.2. The van der Waals surface area contributed by atoms with E-state index < -0.39 is 30.5 Å². The Balaban J connectivity index is 3.04. The number of carbonyl (C=O) groups is 1. The van der Waals surface area contributed by atoms with E-state index in [4.69, 9.17) is 11.6 Å². The first-order valence-corrected chi connectivity index (χ1v) is 5.85. The van der Waals surface area contributed by atoms with Crippen LogP contribution in [0.4, 0.5) is 30.7 Å². The second kappa shape index (κ2) is 5.60. The summed E-state index contributed by atoms with van der Waals surface area (Å²) in [5, 5.41) is 3.55. The first kappa shape index (κ1) is 18.5. The number of hydrogen-bond acceptors (Lipinski definition) is 2. The number of alkyl halides is 7. The van der Waals surface area contributed by atoms with Gasteiger partial charge in [0, 0.05) is 14.1 Å². The van der Waals surface area contributed by atoms with E-state index in [1.807, 2.05) is 0 Å². The van der Waals surface area contributed by atoms with Gasteiger partial charge >= 0.3 is 18.0 Å². The van der Waals surface area contributed by atoms with Crippen molar-refractivity contribution in [1.29, 1.82) is 0 Å². The fraction of sp³-hybridized carbons (Fsp3) is 0.600. The van der Waals surface area contributed by atoms with Crippen molar-refractivity contribution in [3.63, 3.8) is 0 Å². The number of carbonyl (C=O) groups excluding carboxylic acids is 1. The lowest BCUT2D eigenvalue weighted by Crippen LogP contribution is -2.59. The Morgan fingerprint density at radius 3 is 2.14 bits per heavy atom. The Kier molecular flexibility index (Phi) is 4.71. The molecule has 0 saturated carbocycles. The van der Waals surface area contributed by atoms with Crippen molar-refractivity contribution in [3.05, 3.63) is 16.9 Å². The maximum atomic E-state index is 13.3. The molecule has 1 amide bonds. The number of aryl methyl sites for hydroxylation is 1. The summed E-state index contributed by atoms with van der Waals surface area (Å²) in [4.78, 5) is 11.3. The van der Waals surface area contributed by atoms with E-state index >= 15 is 0 Å². The highest BCUT2D eigenvalue weighted by atomic mass is 35.5. The van der Waals surface area contributed by atoms with Crippen molar-refractivity contribution >= 4 is 17.5 Å². The Bertz CT molecular complexity index is 550. The van der Waals surface area contributed by atoms with E-state index in [2.05, 4.69) is 5.10 Å². The molecule has 1 aromatic heterocycles. The number of nitrogens with zero attached hydrogens (tertiary/aromatic N) is 3. The molecule has 1 heterocycles. The van der Waals surface area contributed by atoms with E-state index in [0.717, 1.165) is 10.9 Å². The van der Waals surface area contributed by atoms with Gasteiger partial charge in [-0.25, -0.2) is 0 Å². The van der Waals surface area contributed by atoms with E-state index in [1.54, 1.807) is 0 Å². The van der Waals surface area contributed by atoms with Crippen LogP contribution in [0.3, 0.4) is 0 Å². The van der Waals surface area contributed by atoms with Gasteiger partial charge in [-0.1, -0.05) is 11.6 Å². The fourth-order valence-corrected chi connectivity index (χ4v) is 1.69. The molecule has 0 aliphatic heterocycles. The van der Waals surface area contributed by atoms with Crippen molar-refractivity contribution in [2.45, 2.75) is 24.6 Å². The largest absolute Gasteiger partial charge is 0.460 e. The number of amides is 1. The summed E-state index contributed by atoms with van der Waals surface area (Å²) in [6, 6.07) is 0. The van der Waals surface area contributed by atoms with Crippen LogP contribution in [-0.4, -0.2) is 45.7 Å². The van der Waals surface area contributed by atoms with Crippen LogP contribution in [0.5, 0.6) is 0 Å². The Hall–Kier alpha value is -1.52. The zero-order valence-corrected chi connectivity index (χ0v) is 11.8. The van der Waals surface area contributed by atoms with Crippen LogP contribution < -0.4 is 0 Å². The lowest BCUT2D eigenvalue weighted by Gasteiger charge is -2.30. The van der Waals surface area contributed by atoms with Crippen LogP contribution in [0.2, 0.25) is 5.02 Å². The van der Waals surface area contributed by atoms with E-state index in [0.29, 0.717) is 7.05 Å². The zero-order valence-electron chi connectivity index (χ0n) is 11.1. The third-order valence-electron chi connectivity index (χ3n) is 2.76. The van der Waals surface area contributed by atoms with Crippen LogP contribution in [0.15, 0.2) is 6.20 Å². The molecule has 12 heteroatoms. The van der Waals surface area contributed by atoms with Crippen LogP contribution in [0, 0.1) is 0 Å². The third kappa shape index (κ3) is 2.99. The van der Waals surface area contributed by atoms with Crippen LogP contribution in [0.25, 0.3) is 0 Å². The minimum atomic E-state index is -6.57. The SMILES string of the molecule is CN(Cc1c(Cl)cnn1C)C(=O)C(F)(F)C(F)(F)C(F)(F)F. The Labute approximate surface area is 124 Å². The molecule has 0 N–H and O–H groups in total. The van der Waals surface area contributed by atoms with Gasteiger partial charge in [0.15, 0.2) is 0 Å². The molecule has 22 heavy (non-hydrogen) atoms. The minimum absolute atomic E-state index is 0.0105. The molecule has 0 aliphatic rings. The molecule has 0 bridgehead atoms. The molecule has 0 aliphatic carbocycles. The lowest BCUT2D eigenvalue weighted by molar-refractivity contribution is -0.345. The van der Waals surface area contributed by atoms with Crippen LogP contribution >= 0.6 is 11.6 Å². The summed E-state index contributed by atoms with van der Waals surface area (Å²) >= 11 is 5.63. The van der Waals surface area contributed by atoms with E-state index in [9.17, 15) is 35.5 Å². The lowest BCUT2D eigenvalue weighted by atomic mass is 10.1. The quantitative estimate of drug-likeness (QED) is 0.779. The van der Waals surface area contributed by atoms with Gasteiger partial charge in [-0.3, -0.25) is 9.48 Å². The minimum Gasteiger partial charge on any atom is -0.334 e. The fourth-order valence-electron chi connectivity index (χ4n) is 1.46. The monoisotopic (exact) mass is 355 g/mol. The van der Waals surface area contributed by atoms with Gasteiger partial charge in [0.25, 0.3) is 5.91 Å². The third-order valence-corrected chi connectivity index (χ3v) is 3.08. The summed E-state index contributed by atoms with van der Waals surface area (Å²) in [6.07, 6.45) is -5.48. The number of hydrogen-bond donors (Lipinski definition) is 0. The zero-order chi connectivity index (χ0) is 17.5. The van der Waals surface area contributed by atoms with E-state index in [1.165, 1.54) is 7.05 Å². The normalized spacial score (nSPS) is 13.4. The topological polar surface area (TPSA) is 38.1 Å². The molecular formula is C10H9ClF7N3O. The van der Waals surface area contributed by atoms with E-state index in [-0.39, 0.29) is 15.6 Å². The highest BCUT2D eigenvalue weighted by molar-refractivity contribution is 6.31. The molecular weight excluding hydrogens is 347 g/mol. The molecule has 0 unspecified atom stereocenters. The maximum Gasteiger partial charge on any atom is 0.460 e. The molecule has 0 radical (unpaired) electrons. The van der Waals surface area contributed by atoms with Gasteiger partial charge < -0.3 is 4.90 Å². The van der Waals surface area contributed by atoms with Crippen LogP contribution in [-0.2, 0) is 18.4 Å². The Morgan fingerprint density at radius 1 is 1.27 bits per heavy atom. The summed E-state index contributed by atoms with van der Waals surface area (Å²) in [7, 11) is 1.97. The van der Waals surface area contributed by atoms with Gasteiger partial charge in [-0.2, -0.15) is 35.8 Å². The summed E-state index contributed by atoms with van der Waals surface area (Å²) in [5.74, 6) is -15.1. The van der Waals surface area contributed by atoms with Crippen LogP contribution in [0.1, 0.15) is 5.69 Å². The molecule has 1 aromatic rings. The summed E-state index contributed by atoms with van der Waals surface area (Å²) in [5.41, 5.74) is -0.0105. The van der Waals surface area contributed by atoms with Gasteiger partial charge in [-0.05, 0) is 0 Å². The molecule has 4 nitrogen and oxygen atoms in total. The van der Waals surface area contributed by atoms with Gasteiger partial charge in [0.2, 0.25) is 0 Å². The molecule has 0 spiro atoms. The first-order chi connectivity index (χ1) is 9.73. The predicted octanol–water partition coefficient (Wildman–Crippen LogP) is 2.86. The highest BCUT2D eigenvalue weighted by Gasteiger charge is 2.76. The van der Waals surface area contributed by atoms with Crippen molar-refractivity contribution in [2.24, 2.45) is 7.05 Å². The van der Waals surface area contributed by atoms with Gasteiger partial charge in [0.1, 0.15) is 0 Å². The molecule has 1 rings (SSSR count). The molecule has 126 valence electrons. The number of rotatable bonds is 4. The average molecular weight is 356 g/mol. The van der Waals surface area contributed by atoms with Gasteiger partial charge in [0.05, 0.1) is 23.5 Å². The second-order valence-corrected chi connectivity index (χ2v) is 4.78. The number of aromatic nitrogens is 2. The molecule has 0 fully saturated rings. The van der Waals surface area contributed by atoms with Crippen molar-refractivity contribution in [3.8, 4) is 0 Å². The summed E-state index contributed by atoms with van der Waals surface area (Å²) in [6.45, 7) is -0.725. The standard InChI is InChI=1S/C10H9ClF7N3O/c1-20(4-6-5(11)3-19-21(6)2)7(22)8(12,13)9(14,15)10(16,17)18/h3H,4H2,1-2H3. The van der Waals surface area contributed by atoms with Crippen molar-refractivity contribution in [2.75, 3.05) is 7.05 Å². The smallest absolute Gasteiger partial charge is 0.334 e. The second-order valence-electron chi connectivity index (χ2n) is 4.37. The predicted molar refractivity (Wildman–Crippen MR) is 60.6 cm³/mol. The Morgan fingerprint density at radius 2 is 1.77 bits per heavy atom. The first-order valence-electron chi connectivity index (χ1n) is 5.47. The van der Waals surface area contributed by atoms with Gasteiger partial charge in [-0.15, -0.1) is 0 Å².